The minimum atomic E-state index is -0.451. The predicted octanol–water partition coefficient (Wildman–Crippen LogP) is 4.07. The molecule has 2 aromatic rings. The van der Waals surface area contributed by atoms with Crippen molar-refractivity contribution in [1.82, 2.24) is 9.88 Å². The highest BCUT2D eigenvalue weighted by Crippen LogP contribution is 2.43. The van der Waals surface area contributed by atoms with Crippen molar-refractivity contribution in [2.75, 3.05) is 20.2 Å². The Morgan fingerprint density at radius 1 is 1.24 bits per heavy atom. The lowest BCUT2D eigenvalue weighted by atomic mass is 9.81. The first kappa shape index (κ1) is 23.5. The number of pyridine rings is 1. The molecule has 2 unspecified atom stereocenters. The van der Waals surface area contributed by atoms with Crippen molar-refractivity contribution in [2.24, 2.45) is 0 Å². The van der Waals surface area contributed by atoms with Crippen molar-refractivity contribution in [3.63, 3.8) is 0 Å². The third-order valence-corrected chi connectivity index (χ3v) is 6.57. The smallest absolute Gasteiger partial charge is 0.253 e. The summed E-state index contributed by atoms with van der Waals surface area (Å²) in [6, 6.07) is 7.53. The van der Waals surface area contributed by atoms with E-state index >= 15 is 0 Å². The van der Waals surface area contributed by atoms with Gasteiger partial charge in [0.25, 0.3) is 5.91 Å². The van der Waals surface area contributed by atoms with E-state index in [9.17, 15) is 9.90 Å². The van der Waals surface area contributed by atoms with Crippen molar-refractivity contribution in [1.29, 1.82) is 0 Å². The molecule has 33 heavy (non-hydrogen) atoms. The summed E-state index contributed by atoms with van der Waals surface area (Å²) in [5, 5.41) is 10.6. The van der Waals surface area contributed by atoms with E-state index in [1.165, 1.54) is 0 Å². The number of aliphatic hydroxyl groups is 1. The number of piperidine rings is 1. The van der Waals surface area contributed by atoms with Gasteiger partial charge in [-0.1, -0.05) is 0 Å². The zero-order chi connectivity index (χ0) is 23.6. The Labute approximate surface area is 195 Å². The van der Waals surface area contributed by atoms with E-state index in [-0.39, 0.29) is 18.1 Å². The predicted molar refractivity (Wildman–Crippen MR) is 125 cm³/mol. The van der Waals surface area contributed by atoms with Crippen LogP contribution in [0.2, 0.25) is 0 Å². The molecule has 2 aliphatic heterocycles. The van der Waals surface area contributed by atoms with Gasteiger partial charge in [-0.25, -0.2) is 0 Å². The molecule has 4 rings (SSSR count). The van der Waals surface area contributed by atoms with Gasteiger partial charge in [-0.2, -0.15) is 0 Å². The summed E-state index contributed by atoms with van der Waals surface area (Å²) in [6.45, 7) is 7.13. The van der Waals surface area contributed by atoms with Crippen molar-refractivity contribution >= 4 is 5.91 Å². The Hall–Kier alpha value is -2.64. The number of aliphatic hydroxyl groups excluding tert-OH is 1. The number of likely N-dealkylation sites (tertiary alicyclic amines) is 1. The standard InChI is InChI=1S/C26H34N2O5/c1-17(2)32-23-6-5-19(11-18(23)3)25(30)28-9-7-26(8-10-28)14-21(29)13-24(33-26)20-12-22(31-4)16-27-15-20/h5-6,11-12,15-17,21,24,29H,7-10,13-14H2,1-4H3. The average Bonchev–Trinajstić information content (AvgIpc) is 2.80. The molecule has 0 aliphatic carbocycles. The van der Waals surface area contributed by atoms with Crippen LogP contribution < -0.4 is 9.47 Å². The van der Waals surface area contributed by atoms with Gasteiger partial charge in [-0.05, 0) is 63.4 Å². The molecule has 1 amide bonds. The average molecular weight is 455 g/mol. The number of aryl methyl sites for hydroxylation is 1. The van der Waals surface area contributed by atoms with Gasteiger partial charge in [-0.3, -0.25) is 9.78 Å². The molecule has 0 radical (unpaired) electrons. The van der Waals surface area contributed by atoms with Crippen LogP contribution in [-0.4, -0.2) is 58.9 Å². The molecular weight excluding hydrogens is 420 g/mol. The summed E-state index contributed by atoms with van der Waals surface area (Å²) in [4.78, 5) is 19.3. The molecule has 2 saturated heterocycles. The summed E-state index contributed by atoms with van der Waals surface area (Å²) in [7, 11) is 1.61. The fraction of sp³-hybridized carbons (Fsp3) is 0.538. The summed E-state index contributed by atoms with van der Waals surface area (Å²) < 4.78 is 17.7. The first-order chi connectivity index (χ1) is 15.8. The first-order valence-electron chi connectivity index (χ1n) is 11.7. The molecule has 1 spiro atoms. The second kappa shape index (κ2) is 9.69. The first-order valence-corrected chi connectivity index (χ1v) is 11.7. The minimum Gasteiger partial charge on any atom is -0.495 e. The molecule has 1 aromatic carbocycles. The zero-order valence-corrected chi connectivity index (χ0v) is 19.9. The number of carbonyl (C=O) groups excluding carboxylic acids is 1. The van der Waals surface area contributed by atoms with Crippen molar-refractivity contribution < 1.29 is 24.1 Å². The van der Waals surface area contributed by atoms with Crippen LogP contribution >= 0.6 is 0 Å². The summed E-state index contributed by atoms with van der Waals surface area (Å²) >= 11 is 0. The van der Waals surface area contributed by atoms with Crippen molar-refractivity contribution in [3.05, 3.63) is 53.3 Å². The van der Waals surface area contributed by atoms with Gasteiger partial charge in [0, 0.05) is 43.3 Å². The Bertz CT molecular complexity index is 984. The van der Waals surface area contributed by atoms with Crippen LogP contribution in [0.4, 0.5) is 0 Å². The van der Waals surface area contributed by atoms with Crippen LogP contribution in [0.25, 0.3) is 0 Å². The Morgan fingerprint density at radius 3 is 2.67 bits per heavy atom. The maximum atomic E-state index is 13.2. The molecule has 178 valence electrons. The van der Waals surface area contributed by atoms with Crippen LogP contribution in [0.1, 0.15) is 67.1 Å². The van der Waals surface area contributed by atoms with Gasteiger partial charge in [0.15, 0.2) is 0 Å². The van der Waals surface area contributed by atoms with Gasteiger partial charge >= 0.3 is 0 Å². The number of hydrogen-bond acceptors (Lipinski definition) is 6. The second-order valence-electron chi connectivity index (χ2n) is 9.48. The number of ether oxygens (including phenoxy) is 3. The van der Waals surface area contributed by atoms with Crippen LogP contribution in [0.15, 0.2) is 36.7 Å². The van der Waals surface area contributed by atoms with Crippen molar-refractivity contribution in [3.8, 4) is 11.5 Å². The highest BCUT2D eigenvalue weighted by Gasteiger charge is 2.44. The fourth-order valence-electron chi connectivity index (χ4n) is 4.88. The van der Waals surface area contributed by atoms with E-state index in [2.05, 4.69) is 4.98 Å². The van der Waals surface area contributed by atoms with Crippen LogP contribution in [0.3, 0.4) is 0 Å². The monoisotopic (exact) mass is 454 g/mol. The number of rotatable bonds is 5. The molecule has 2 aliphatic rings. The molecule has 7 nitrogen and oxygen atoms in total. The summed E-state index contributed by atoms with van der Waals surface area (Å²) in [5.74, 6) is 1.50. The summed E-state index contributed by atoms with van der Waals surface area (Å²) in [6.07, 6.45) is 5.33. The molecule has 0 bridgehead atoms. The number of amides is 1. The van der Waals surface area contributed by atoms with Crippen molar-refractivity contribution in [2.45, 2.75) is 70.4 Å². The van der Waals surface area contributed by atoms with Crippen LogP contribution in [-0.2, 0) is 4.74 Å². The quantitative estimate of drug-likeness (QED) is 0.733. The lowest BCUT2D eigenvalue weighted by molar-refractivity contribution is -0.181. The minimum absolute atomic E-state index is 0.0222. The molecule has 2 atom stereocenters. The number of carbonyl (C=O) groups is 1. The maximum absolute atomic E-state index is 13.2. The topological polar surface area (TPSA) is 81.1 Å². The molecule has 1 aromatic heterocycles. The van der Waals surface area contributed by atoms with E-state index < -0.39 is 11.7 Å². The SMILES string of the molecule is COc1cncc(C2CC(O)CC3(CCN(C(=O)c4ccc(OC(C)C)c(C)c4)CC3)O2)c1. The Kier molecular flexibility index (Phi) is 6.91. The number of benzene rings is 1. The maximum Gasteiger partial charge on any atom is 0.253 e. The van der Waals surface area contributed by atoms with E-state index in [1.54, 1.807) is 19.5 Å². The molecule has 1 N–H and O–H groups in total. The van der Waals surface area contributed by atoms with E-state index in [0.29, 0.717) is 50.1 Å². The van der Waals surface area contributed by atoms with Gasteiger partial charge < -0.3 is 24.2 Å². The molecular formula is C26H34N2O5. The highest BCUT2D eigenvalue weighted by molar-refractivity contribution is 5.94. The van der Waals surface area contributed by atoms with E-state index in [4.69, 9.17) is 14.2 Å². The van der Waals surface area contributed by atoms with Crippen LogP contribution in [0, 0.1) is 6.92 Å². The Balaban J connectivity index is 1.42. The largest absolute Gasteiger partial charge is 0.495 e. The van der Waals surface area contributed by atoms with E-state index in [1.807, 2.05) is 49.9 Å². The molecule has 3 heterocycles. The van der Waals surface area contributed by atoms with Crippen LogP contribution in [0.5, 0.6) is 11.5 Å². The number of methoxy groups -OCH3 is 1. The van der Waals surface area contributed by atoms with Gasteiger partial charge in [0.2, 0.25) is 0 Å². The molecule has 7 heteroatoms. The fourth-order valence-corrected chi connectivity index (χ4v) is 4.88. The van der Waals surface area contributed by atoms with Gasteiger partial charge in [0.1, 0.15) is 11.5 Å². The lowest BCUT2D eigenvalue weighted by Gasteiger charge is -2.48. The zero-order valence-electron chi connectivity index (χ0n) is 19.9. The molecule has 2 fully saturated rings. The second-order valence-corrected chi connectivity index (χ2v) is 9.48. The molecule has 0 saturated carbocycles. The van der Waals surface area contributed by atoms with Gasteiger partial charge in [0.05, 0.1) is 37.2 Å². The normalized spacial score (nSPS) is 22.4. The van der Waals surface area contributed by atoms with Gasteiger partial charge in [-0.15, -0.1) is 0 Å². The number of hydrogen-bond donors (Lipinski definition) is 1. The van der Waals surface area contributed by atoms with E-state index in [0.717, 1.165) is 16.9 Å². The lowest BCUT2D eigenvalue weighted by Crippen LogP contribution is -2.52. The summed E-state index contributed by atoms with van der Waals surface area (Å²) in [5.41, 5.74) is 2.10. The number of aromatic nitrogens is 1. The third kappa shape index (κ3) is 5.31. The Morgan fingerprint density at radius 2 is 2.00 bits per heavy atom. The number of nitrogens with zero attached hydrogens (tertiary/aromatic N) is 2. The third-order valence-electron chi connectivity index (χ3n) is 6.57. The highest BCUT2D eigenvalue weighted by atomic mass is 16.5.